The van der Waals surface area contributed by atoms with Crippen LogP contribution in [0.3, 0.4) is 0 Å². The molecule has 1 fully saturated rings. The topological polar surface area (TPSA) is 74.7 Å². The van der Waals surface area contributed by atoms with Gasteiger partial charge >= 0.3 is 6.09 Å². The van der Waals surface area contributed by atoms with E-state index in [0.29, 0.717) is 0 Å². The molecule has 0 unspecified atom stereocenters. The number of carbonyl (C=O) groups excluding carboxylic acids is 1. The molecular formula is C15H25N3O3S. The fourth-order valence-corrected chi connectivity index (χ4v) is 3.22. The summed E-state index contributed by atoms with van der Waals surface area (Å²) in [5.74, 6) is 0. The zero-order valence-corrected chi connectivity index (χ0v) is 14.3. The minimum absolute atomic E-state index is 0.0551. The highest BCUT2D eigenvalue weighted by Gasteiger charge is 2.23. The van der Waals surface area contributed by atoms with Gasteiger partial charge in [-0.3, -0.25) is 4.90 Å². The SMILES string of the molecule is CC(C)(C)OC(=O)NC1CCN(Cc2ncc(CO)s2)CC1. The van der Waals surface area contributed by atoms with Gasteiger partial charge in [-0.1, -0.05) is 0 Å². The molecule has 1 amide bonds. The number of ether oxygens (including phenoxy) is 1. The van der Waals surface area contributed by atoms with Crippen LogP contribution in [0.15, 0.2) is 6.20 Å². The van der Waals surface area contributed by atoms with E-state index in [9.17, 15) is 4.79 Å². The van der Waals surface area contributed by atoms with E-state index in [1.54, 1.807) is 17.5 Å². The number of piperidine rings is 1. The average Bonchev–Trinajstić information content (AvgIpc) is 2.86. The Morgan fingerprint density at radius 1 is 1.50 bits per heavy atom. The maximum atomic E-state index is 11.8. The number of aliphatic hydroxyl groups excluding tert-OH is 1. The molecular weight excluding hydrogens is 302 g/mol. The van der Waals surface area contributed by atoms with Gasteiger partial charge in [0.1, 0.15) is 10.6 Å². The predicted molar refractivity (Wildman–Crippen MR) is 85.7 cm³/mol. The fraction of sp³-hybridized carbons (Fsp3) is 0.733. The van der Waals surface area contributed by atoms with Gasteiger partial charge in [-0.25, -0.2) is 9.78 Å². The second-order valence-electron chi connectivity index (χ2n) is 6.58. The first-order valence-electron chi connectivity index (χ1n) is 7.62. The molecule has 0 aromatic carbocycles. The van der Waals surface area contributed by atoms with E-state index in [0.717, 1.165) is 42.4 Å². The number of alkyl carbamates (subject to hydrolysis) is 1. The number of aliphatic hydroxyl groups is 1. The van der Waals surface area contributed by atoms with Crippen LogP contribution < -0.4 is 5.32 Å². The number of aromatic nitrogens is 1. The third-order valence-corrected chi connectivity index (χ3v) is 4.39. The van der Waals surface area contributed by atoms with Crippen molar-refractivity contribution in [3.05, 3.63) is 16.1 Å². The van der Waals surface area contributed by atoms with Crippen molar-refractivity contribution < 1.29 is 14.6 Å². The molecule has 0 spiro atoms. The summed E-state index contributed by atoms with van der Waals surface area (Å²) in [6.45, 7) is 8.31. The molecule has 1 aliphatic rings. The molecule has 2 rings (SSSR count). The summed E-state index contributed by atoms with van der Waals surface area (Å²) in [7, 11) is 0. The van der Waals surface area contributed by atoms with Crippen molar-refractivity contribution in [1.82, 2.24) is 15.2 Å². The van der Waals surface area contributed by atoms with Crippen molar-refractivity contribution in [1.29, 1.82) is 0 Å². The Bertz CT molecular complexity index is 490. The van der Waals surface area contributed by atoms with E-state index in [1.165, 1.54) is 0 Å². The van der Waals surface area contributed by atoms with Crippen molar-refractivity contribution in [3.63, 3.8) is 0 Å². The number of hydrogen-bond acceptors (Lipinski definition) is 6. The maximum absolute atomic E-state index is 11.8. The van der Waals surface area contributed by atoms with Gasteiger partial charge < -0.3 is 15.2 Å². The molecule has 7 heteroatoms. The Labute approximate surface area is 135 Å². The molecule has 1 aromatic heterocycles. The lowest BCUT2D eigenvalue weighted by molar-refractivity contribution is 0.0477. The van der Waals surface area contributed by atoms with Gasteiger partial charge in [-0.05, 0) is 33.6 Å². The minimum Gasteiger partial charge on any atom is -0.444 e. The number of likely N-dealkylation sites (tertiary alicyclic amines) is 1. The largest absolute Gasteiger partial charge is 0.444 e. The van der Waals surface area contributed by atoms with E-state index < -0.39 is 5.60 Å². The number of nitrogens with zero attached hydrogens (tertiary/aromatic N) is 2. The quantitative estimate of drug-likeness (QED) is 0.886. The van der Waals surface area contributed by atoms with Crippen LogP contribution in [0.2, 0.25) is 0 Å². The second kappa shape index (κ2) is 7.39. The summed E-state index contributed by atoms with van der Waals surface area (Å²) in [5.41, 5.74) is -0.458. The first kappa shape index (κ1) is 17.2. The smallest absolute Gasteiger partial charge is 0.407 e. The highest BCUT2D eigenvalue weighted by atomic mass is 32.1. The summed E-state index contributed by atoms with van der Waals surface area (Å²) in [4.78, 5) is 19.3. The van der Waals surface area contributed by atoms with Gasteiger partial charge in [-0.2, -0.15) is 0 Å². The van der Waals surface area contributed by atoms with Crippen molar-refractivity contribution >= 4 is 17.4 Å². The first-order chi connectivity index (χ1) is 10.4. The van der Waals surface area contributed by atoms with Gasteiger partial charge in [0.05, 0.1) is 18.0 Å². The Morgan fingerprint density at radius 3 is 2.73 bits per heavy atom. The summed E-state index contributed by atoms with van der Waals surface area (Å²) < 4.78 is 5.28. The Balaban J connectivity index is 1.72. The van der Waals surface area contributed by atoms with Crippen molar-refractivity contribution in [2.24, 2.45) is 0 Å². The summed E-state index contributed by atoms with van der Waals surface area (Å²) in [5, 5.41) is 13.0. The molecule has 124 valence electrons. The number of nitrogens with one attached hydrogen (secondary N) is 1. The highest BCUT2D eigenvalue weighted by molar-refractivity contribution is 7.11. The molecule has 6 nitrogen and oxygen atoms in total. The molecule has 0 radical (unpaired) electrons. The van der Waals surface area contributed by atoms with Crippen molar-refractivity contribution in [2.45, 2.75) is 58.4 Å². The van der Waals surface area contributed by atoms with Crippen LogP contribution in [-0.2, 0) is 17.9 Å². The summed E-state index contributed by atoms with van der Waals surface area (Å²) >= 11 is 1.55. The normalized spacial score (nSPS) is 17.5. The number of hydrogen-bond donors (Lipinski definition) is 2. The molecule has 0 bridgehead atoms. The Kier molecular flexibility index (Phi) is 5.77. The van der Waals surface area contributed by atoms with Crippen LogP contribution in [0, 0.1) is 0 Å². The zero-order valence-electron chi connectivity index (χ0n) is 13.5. The number of thiazole rings is 1. The van der Waals surface area contributed by atoms with Gasteiger partial charge in [0.25, 0.3) is 0 Å². The Morgan fingerprint density at radius 2 is 2.18 bits per heavy atom. The summed E-state index contributed by atoms with van der Waals surface area (Å²) in [6.07, 6.45) is 3.23. The van der Waals surface area contributed by atoms with Gasteiger partial charge in [-0.15, -0.1) is 11.3 Å². The summed E-state index contributed by atoms with van der Waals surface area (Å²) in [6, 6.07) is 0.176. The van der Waals surface area contributed by atoms with Gasteiger partial charge in [0, 0.05) is 25.3 Å². The predicted octanol–water partition coefficient (Wildman–Crippen LogP) is 2.12. The molecule has 2 N–H and O–H groups in total. The standard InChI is InChI=1S/C15H25N3O3S/c1-15(2,3)21-14(20)17-11-4-6-18(7-5-11)9-13-16-8-12(10-19)22-13/h8,11,19H,4-7,9-10H2,1-3H3,(H,17,20). The van der Waals surface area contributed by atoms with Gasteiger partial charge in [0.15, 0.2) is 0 Å². The lowest BCUT2D eigenvalue weighted by atomic mass is 10.1. The third kappa shape index (κ3) is 5.55. The zero-order chi connectivity index (χ0) is 16.2. The number of rotatable bonds is 4. The number of carbonyl (C=O) groups is 1. The lowest BCUT2D eigenvalue weighted by Gasteiger charge is -2.32. The number of amides is 1. The van der Waals surface area contributed by atoms with E-state index in [-0.39, 0.29) is 18.7 Å². The van der Waals surface area contributed by atoms with E-state index in [1.807, 2.05) is 20.8 Å². The first-order valence-corrected chi connectivity index (χ1v) is 8.43. The molecule has 0 saturated carbocycles. The molecule has 1 saturated heterocycles. The van der Waals surface area contributed by atoms with Crippen LogP contribution in [0.1, 0.15) is 43.5 Å². The molecule has 0 aliphatic carbocycles. The molecule has 0 atom stereocenters. The van der Waals surface area contributed by atoms with Crippen LogP contribution in [0.5, 0.6) is 0 Å². The molecule has 2 heterocycles. The molecule has 1 aliphatic heterocycles. The Hall–Kier alpha value is -1.18. The van der Waals surface area contributed by atoms with Crippen LogP contribution in [0.4, 0.5) is 4.79 Å². The van der Waals surface area contributed by atoms with Crippen molar-refractivity contribution in [2.75, 3.05) is 13.1 Å². The van der Waals surface area contributed by atoms with E-state index in [4.69, 9.17) is 9.84 Å². The third-order valence-electron chi connectivity index (χ3n) is 3.42. The van der Waals surface area contributed by atoms with Crippen LogP contribution in [-0.4, -0.2) is 45.8 Å². The van der Waals surface area contributed by atoms with E-state index >= 15 is 0 Å². The molecule has 22 heavy (non-hydrogen) atoms. The second-order valence-corrected chi connectivity index (χ2v) is 7.77. The maximum Gasteiger partial charge on any atom is 0.407 e. The van der Waals surface area contributed by atoms with Crippen LogP contribution >= 0.6 is 11.3 Å². The average molecular weight is 327 g/mol. The van der Waals surface area contributed by atoms with Crippen LogP contribution in [0.25, 0.3) is 0 Å². The lowest BCUT2D eigenvalue weighted by Crippen LogP contribution is -2.45. The van der Waals surface area contributed by atoms with E-state index in [2.05, 4.69) is 15.2 Å². The van der Waals surface area contributed by atoms with Gasteiger partial charge in [0.2, 0.25) is 0 Å². The molecule has 1 aromatic rings. The monoisotopic (exact) mass is 327 g/mol. The fourth-order valence-electron chi connectivity index (χ4n) is 2.40. The minimum atomic E-state index is -0.458. The van der Waals surface area contributed by atoms with Crippen molar-refractivity contribution in [3.8, 4) is 0 Å². The highest BCUT2D eigenvalue weighted by Crippen LogP contribution is 2.18.